The first-order valence-electron chi connectivity index (χ1n) is 8.50. The van der Waals surface area contributed by atoms with E-state index in [1.54, 1.807) is 4.31 Å². The van der Waals surface area contributed by atoms with Crippen LogP contribution < -0.4 is 11.5 Å². The Morgan fingerprint density at radius 1 is 1.43 bits per heavy atom. The van der Waals surface area contributed by atoms with Gasteiger partial charge in [-0.3, -0.25) is 4.31 Å². The van der Waals surface area contributed by atoms with Crippen LogP contribution in [0.3, 0.4) is 0 Å². The second-order valence-electron chi connectivity index (χ2n) is 5.52. The number of guanidine groups is 2. The average Bonchev–Trinajstić information content (AvgIpc) is 3.07. The summed E-state index contributed by atoms with van der Waals surface area (Å²) in [7, 11) is -2.57. The molecule has 0 amide bonds. The summed E-state index contributed by atoms with van der Waals surface area (Å²) in [6, 6.07) is -0.189. The molecule has 156 valence electrons. The van der Waals surface area contributed by atoms with E-state index in [1.165, 1.54) is 34.7 Å². The van der Waals surface area contributed by atoms with Crippen LogP contribution in [0.4, 0.5) is 5.13 Å². The number of hydrogen-bond donors (Lipinski definition) is 2. The molecule has 1 aliphatic rings. The number of nitrogens with two attached hydrogens (primary N) is 2. The number of aromatic nitrogens is 1. The normalized spacial score (nSPS) is 15.6. The van der Waals surface area contributed by atoms with Gasteiger partial charge < -0.3 is 16.2 Å². The molecule has 1 aromatic heterocycles. The molecule has 28 heavy (non-hydrogen) atoms. The first-order chi connectivity index (χ1) is 13.3. The van der Waals surface area contributed by atoms with E-state index in [9.17, 15) is 8.42 Å². The van der Waals surface area contributed by atoms with E-state index in [2.05, 4.69) is 19.4 Å². The first-order valence-corrected chi connectivity index (χ1v) is 11.7. The Kier molecular flexibility index (Phi) is 7.88. The van der Waals surface area contributed by atoms with Gasteiger partial charge in [-0.05, 0) is 25.3 Å². The van der Waals surface area contributed by atoms with E-state index >= 15 is 0 Å². The average molecular weight is 449 g/mol. The van der Waals surface area contributed by atoms with Gasteiger partial charge in [0.25, 0.3) is 0 Å². The van der Waals surface area contributed by atoms with Crippen LogP contribution >= 0.6 is 23.3 Å². The van der Waals surface area contributed by atoms with Crippen LogP contribution in [0.5, 0.6) is 0 Å². The molecule has 4 N–H and O–H groups in total. The van der Waals surface area contributed by atoms with Gasteiger partial charge in [0, 0.05) is 18.5 Å². The molecule has 0 saturated heterocycles. The number of hydrogen-bond acceptors (Lipinski definition) is 9. The molecule has 0 aromatic carbocycles. The van der Waals surface area contributed by atoms with Crippen LogP contribution in [-0.2, 0) is 20.7 Å². The summed E-state index contributed by atoms with van der Waals surface area (Å²) in [6.07, 6.45) is 1.53. The van der Waals surface area contributed by atoms with Crippen molar-refractivity contribution in [2.45, 2.75) is 32.4 Å². The zero-order valence-corrected chi connectivity index (χ0v) is 18.3. The monoisotopic (exact) mass is 448 g/mol. The van der Waals surface area contributed by atoms with E-state index in [1.807, 2.05) is 19.2 Å². The topological polar surface area (TPSA) is 152 Å². The molecule has 14 heteroatoms. The van der Waals surface area contributed by atoms with Crippen molar-refractivity contribution in [3.8, 4) is 0 Å². The smallest absolute Gasteiger partial charge is 0.351 e. The van der Waals surface area contributed by atoms with Crippen LogP contribution in [0.2, 0.25) is 0 Å². The van der Waals surface area contributed by atoms with Crippen LogP contribution in [0.25, 0.3) is 0 Å². The van der Waals surface area contributed by atoms with E-state index in [-0.39, 0.29) is 17.9 Å². The highest BCUT2D eigenvalue weighted by Crippen LogP contribution is 2.26. The summed E-state index contributed by atoms with van der Waals surface area (Å²) < 4.78 is 36.7. The zero-order chi connectivity index (χ0) is 20.7. The molecule has 1 aromatic rings. The molecule has 11 nitrogen and oxygen atoms in total. The van der Waals surface area contributed by atoms with Crippen molar-refractivity contribution in [2.75, 3.05) is 20.2 Å². The minimum atomic E-state index is -3.90. The maximum Gasteiger partial charge on any atom is 0.351 e. The van der Waals surface area contributed by atoms with Crippen LogP contribution in [-0.4, -0.2) is 60.2 Å². The first kappa shape index (κ1) is 22.2. The molecule has 0 fully saturated rings. The van der Waals surface area contributed by atoms with Gasteiger partial charge in [0.2, 0.25) is 11.1 Å². The molecule has 0 unspecified atom stereocenters. The molecule has 0 bridgehead atoms. The van der Waals surface area contributed by atoms with Crippen molar-refractivity contribution >= 4 is 56.6 Å². The Morgan fingerprint density at radius 2 is 2.18 bits per heavy atom. The number of nitrogens with zero attached hydrogens (tertiary/aromatic N) is 6. The number of aliphatic imine (C=N–C) groups is 2. The van der Waals surface area contributed by atoms with Crippen LogP contribution in [0, 0.1) is 0 Å². The highest BCUT2D eigenvalue weighted by atomic mass is 32.2. The van der Waals surface area contributed by atoms with Crippen LogP contribution in [0.1, 0.15) is 32.4 Å². The molecule has 0 saturated carbocycles. The number of thiazole rings is 1. The number of unbranched alkanes of at least 4 members (excludes halogenated alkanes) is 1. The molecule has 1 aliphatic heterocycles. The lowest BCUT2D eigenvalue weighted by atomic mass is 10.3. The standard InChI is InChI=1S/C14H24N8O3S3/c1-4-6-7-22-14(19-12(25-3)20-28(22,23)24)21(5-2)27-9-10-8-26-13(17-10)18-11(15)16/h8H,4-7,9H2,1-3H3,(H4,15,16,17,18). The SMILES string of the molecule is CCCCN1C(N(CC)SCc2csc(N=C(N)N)n2)=NC(OC)=NS1(=O)=O. The maximum atomic E-state index is 12.6. The molecule has 0 atom stereocenters. The zero-order valence-electron chi connectivity index (χ0n) is 15.9. The Labute approximate surface area is 172 Å². The summed E-state index contributed by atoms with van der Waals surface area (Å²) in [5.74, 6) is 0.709. The Hall–Kier alpha value is -2.06. The predicted molar refractivity (Wildman–Crippen MR) is 114 cm³/mol. The van der Waals surface area contributed by atoms with Gasteiger partial charge in [0.1, 0.15) is 0 Å². The van der Waals surface area contributed by atoms with Crippen molar-refractivity contribution in [1.29, 1.82) is 0 Å². The molecular weight excluding hydrogens is 424 g/mol. The summed E-state index contributed by atoms with van der Waals surface area (Å²) in [6.45, 7) is 4.70. The number of ether oxygens (including phenoxy) is 1. The summed E-state index contributed by atoms with van der Waals surface area (Å²) in [4.78, 5) is 12.5. The molecule has 0 aliphatic carbocycles. The summed E-state index contributed by atoms with van der Waals surface area (Å²) in [5.41, 5.74) is 11.5. The highest BCUT2D eigenvalue weighted by Gasteiger charge is 2.33. The van der Waals surface area contributed by atoms with E-state index in [0.717, 1.165) is 12.1 Å². The molecule has 0 spiro atoms. The fourth-order valence-electron chi connectivity index (χ4n) is 2.15. The van der Waals surface area contributed by atoms with Crippen molar-refractivity contribution < 1.29 is 13.2 Å². The summed E-state index contributed by atoms with van der Waals surface area (Å²) in [5, 5.41) is 2.31. The number of methoxy groups -OCH3 is 1. The number of amidine groups is 1. The van der Waals surface area contributed by atoms with Crippen molar-refractivity contribution in [3.05, 3.63) is 11.1 Å². The Morgan fingerprint density at radius 3 is 2.79 bits per heavy atom. The summed E-state index contributed by atoms with van der Waals surface area (Å²) >= 11 is 2.70. The molecule has 0 radical (unpaired) electrons. The van der Waals surface area contributed by atoms with Crippen molar-refractivity contribution in [3.63, 3.8) is 0 Å². The largest absolute Gasteiger partial charge is 0.466 e. The lowest BCUT2D eigenvalue weighted by Crippen LogP contribution is -2.47. The van der Waals surface area contributed by atoms with Gasteiger partial charge in [0.15, 0.2) is 5.96 Å². The second-order valence-corrected chi connectivity index (χ2v) is 8.86. The highest BCUT2D eigenvalue weighted by molar-refractivity contribution is 7.96. The van der Waals surface area contributed by atoms with Gasteiger partial charge in [-0.25, -0.2) is 9.29 Å². The minimum absolute atomic E-state index is 0.0524. The molecular formula is C14H24N8O3S3. The fourth-order valence-corrected chi connectivity index (χ4v) is 5.00. The van der Waals surface area contributed by atoms with Crippen LogP contribution in [0.15, 0.2) is 19.8 Å². The van der Waals surface area contributed by atoms with Gasteiger partial charge in [0.05, 0.1) is 18.6 Å². The third-order valence-corrected chi connectivity index (χ3v) is 6.66. The maximum absolute atomic E-state index is 12.6. The third-order valence-electron chi connectivity index (χ3n) is 3.43. The minimum Gasteiger partial charge on any atom is -0.466 e. The van der Waals surface area contributed by atoms with Gasteiger partial charge >= 0.3 is 16.2 Å². The lowest BCUT2D eigenvalue weighted by molar-refractivity contribution is 0.390. The van der Waals surface area contributed by atoms with Crippen molar-refractivity contribution in [2.24, 2.45) is 25.8 Å². The van der Waals surface area contributed by atoms with Crippen molar-refractivity contribution in [1.82, 2.24) is 13.6 Å². The van der Waals surface area contributed by atoms with Gasteiger partial charge in [-0.15, -0.1) is 11.3 Å². The number of rotatable bonds is 8. The lowest BCUT2D eigenvalue weighted by Gasteiger charge is -2.32. The molecule has 2 heterocycles. The molecule has 2 rings (SSSR count). The van der Waals surface area contributed by atoms with Gasteiger partial charge in [-0.1, -0.05) is 17.7 Å². The van der Waals surface area contributed by atoms with E-state index in [0.29, 0.717) is 30.4 Å². The van der Waals surface area contributed by atoms with E-state index in [4.69, 9.17) is 16.2 Å². The quantitative estimate of drug-likeness (QED) is 0.342. The second kappa shape index (κ2) is 9.93. The predicted octanol–water partition coefficient (Wildman–Crippen LogP) is 1.24. The third kappa shape index (κ3) is 5.72. The Bertz CT molecular complexity index is 861. The fraction of sp³-hybridized carbons (Fsp3) is 0.571. The van der Waals surface area contributed by atoms with E-state index < -0.39 is 10.2 Å². The van der Waals surface area contributed by atoms with Gasteiger partial charge in [-0.2, -0.15) is 18.4 Å². The Balaban J connectivity index is 2.21.